The summed E-state index contributed by atoms with van der Waals surface area (Å²) in [4.78, 5) is 13.5. The smallest absolute Gasteiger partial charge is 0.281 e. The molecule has 1 N–H and O–H groups in total. The number of ether oxygens (including phenoxy) is 2. The molecule has 168 valence electrons. The van der Waals surface area contributed by atoms with Gasteiger partial charge in [0.05, 0.1) is 29.8 Å². The molecule has 1 amide bonds. The monoisotopic (exact) mass is 502 g/mol. The summed E-state index contributed by atoms with van der Waals surface area (Å²) in [5, 5.41) is 16.6. The zero-order valence-corrected chi connectivity index (χ0v) is 19.7. The van der Waals surface area contributed by atoms with Gasteiger partial charge in [0, 0.05) is 10.6 Å². The molecule has 0 aromatic heterocycles. The van der Waals surface area contributed by atoms with Gasteiger partial charge in [0.2, 0.25) is 5.75 Å². The Kier molecular flexibility index (Phi) is 6.51. The lowest BCUT2D eigenvalue weighted by Gasteiger charge is -2.15. The van der Waals surface area contributed by atoms with Crippen LogP contribution in [0.2, 0.25) is 15.1 Å². The summed E-state index contributed by atoms with van der Waals surface area (Å²) in [5.74, 6) is -0.180. The molecule has 1 aliphatic heterocycles. The van der Waals surface area contributed by atoms with Gasteiger partial charge in [-0.1, -0.05) is 65.1 Å². The van der Waals surface area contributed by atoms with E-state index < -0.39 is 5.91 Å². The largest absolute Gasteiger partial charge is 0.502 e. The first kappa shape index (κ1) is 23.0. The number of hydrazone groups is 1. The van der Waals surface area contributed by atoms with E-state index in [-0.39, 0.29) is 38.6 Å². The van der Waals surface area contributed by atoms with Crippen molar-refractivity contribution in [2.45, 2.75) is 0 Å². The first-order chi connectivity index (χ1) is 15.8. The van der Waals surface area contributed by atoms with E-state index in [0.29, 0.717) is 16.3 Å². The molecule has 0 fully saturated rings. The number of halogens is 3. The lowest BCUT2D eigenvalue weighted by molar-refractivity contribution is -0.114. The van der Waals surface area contributed by atoms with E-state index in [2.05, 4.69) is 5.10 Å². The van der Waals surface area contributed by atoms with Gasteiger partial charge in [-0.2, -0.15) is 10.1 Å². The number of hydrogen-bond donors (Lipinski definition) is 1. The maximum absolute atomic E-state index is 13.5. The van der Waals surface area contributed by atoms with Crippen LogP contribution in [0.3, 0.4) is 0 Å². The molecule has 1 heterocycles. The number of phenols is 1. The zero-order valence-electron chi connectivity index (χ0n) is 17.5. The van der Waals surface area contributed by atoms with Crippen LogP contribution in [-0.4, -0.2) is 30.9 Å². The number of benzene rings is 3. The molecule has 0 atom stereocenters. The number of anilines is 1. The second kappa shape index (κ2) is 9.35. The lowest BCUT2D eigenvalue weighted by atomic mass is 10.00. The Bertz CT molecular complexity index is 1260. The summed E-state index contributed by atoms with van der Waals surface area (Å²) in [6, 6.07) is 15.4. The lowest BCUT2D eigenvalue weighted by Crippen LogP contribution is -2.22. The number of carbonyl (C=O) groups excluding carboxylic acids is 1. The normalized spacial score (nSPS) is 14.6. The molecular weight excluding hydrogens is 487 g/mol. The highest BCUT2D eigenvalue weighted by atomic mass is 35.5. The Labute approximate surface area is 205 Å². The fourth-order valence-electron chi connectivity index (χ4n) is 3.41. The fourth-order valence-corrected chi connectivity index (χ4v) is 4.38. The predicted octanol–water partition coefficient (Wildman–Crippen LogP) is 6.20. The Balaban J connectivity index is 1.90. The zero-order chi connectivity index (χ0) is 23.7. The topological polar surface area (TPSA) is 71.4 Å². The molecule has 4 rings (SSSR count). The van der Waals surface area contributed by atoms with Crippen LogP contribution in [0.5, 0.6) is 17.2 Å². The van der Waals surface area contributed by atoms with Gasteiger partial charge in [-0.3, -0.25) is 4.79 Å². The number of nitrogens with zero attached hydrogens (tertiary/aromatic N) is 2. The summed E-state index contributed by atoms with van der Waals surface area (Å²) in [6.45, 7) is 0. The van der Waals surface area contributed by atoms with Crippen molar-refractivity contribution in [2.24, 2.45) is 5.10 Å². The van der Waals surface area contributed by atoms with E-state index in [1.165, 1.54) is 26.4 Å². The summed E-state index contributed by atoms with van der Waals surface area (Å²) < 4.78 is 10.5. The van der Waals surface area contributed by atoms with Gasteiger partial charge < -0.3 is 14.6 Å². The van der Waals surface area contributed by atoms with Crippen LogP contribution in [0.15, 0.2) is 65.3 Å². The molecular formula is C24H17Cl3N2O4. The van der Waals surface area contributed by atoms with Gasteiger partial charge in [-0.05, 0) is 35.9 Å². The molecule has 6 nitrogen and oxygen atoms in total. The minimum atomic E-state index is -0.439. The molecule has 0 bridgehead atoms. The van der Waals surface area contributed by atoms with E-state index in [1.54, 1.807) is 18.2 Å². The highest BCUT2D eigenvalue weighted by molar-refractivity contribution is 6.44. The summed E-state index contributed by atoms with van der Waals surface area (Å²) in [7, 11) is 2.85. The van der Waals surface area contributed by atoms with Gasteiger partial charge >= 0.3 is 0 Å². The van der Waals surface area contributed by atoms with Crippen molar-refractivity contribution in [2.75, 3.05) is 19.2 Å². The van der Waals surface area contributed by atoms with Crippen molar-refractivity contribution in [3.05, 3.63) is 86.4 Å². The predicted molar refractivity (Wildman–Crippen MR) is 131 cm³/mol. The van der Waals surface area contributed by atoms with Crippen LogP contribution >= 0.6 is 34.8 Å². The Hall–Kier alpha value is -3.19. The van der Waals surface area contributed by atoms with E-state index in [1.807, 2.05) is 30.3 Å². The van der Waals surface area contributed by atoms with Crippen molar-refractivity contribution < 1.29 is 19.4 Å². The summed E-state index contributed by atoms with van der Waals surface area (Å²) in [6.07, 6.45) is 1.64. The molecule has 33 heavy (non-hydrogen) atoms. The molecule has 0 saturated heterocycles. The van der Waals surface area contributed by atoms with Crippen LogP contribution in [0.25, 0.3) is 6.08 Å². The van der Waals surface area contributed by atoms with Crippen LogP contribution in [0, 0.1) is 0 Å². The highest BCUT2D eigenvalue weighted by Gasteiger charge is 2.34. The average molecular weight is 504 g/mol. The van der Waals surface area contributed by atoms with Gasteiger partial charge in [0.1, 0.15) is 11.4 Å². The minimum Gasteiger partial charge on any atom is -0.502 e. The summed E-state index contributed by atoms with van der Waals surface area (Å²) in [5.41, 5.74) is 2.22. The molecule has 0 aliphatic carbocycles. The van der Waals surface area contributed by atoms with E-state index in [4.69, 9.17) is 44.3 Å². The third-order valence-corrected chi connectivity index (χ3v) is 5.73. The standard InChI is InChI=1S/C24H17Cl3N2O4/c1-32-19-9-13(10-20(33-2)23(19)30)8-16-21(14-6-4-3-5-7-14)28-29(24(16)31)22-17(26)11-15(25)12-18(22)27/h3-12,30H,1-2H3. The second-order valence-corrected chi connectivity index (χ2v) is 8.23. The molecule has 0 radical (unpaired) electrons. The van der Waals surface area contributed by atoms with Crippen LogP contribution in [0.1, 0.15) is 11.1 Å². The number of methoxy groups -OCH3 is 2. The first-order valence-electron chi connectivity index (χ1n) is 9.64. The highest BCUT2D eigenvalue weighted by Crippen LogP contribution is 2.41. The number of carbonyl (C=O) groups is 1. The van der Waals surface area contributed by atoms with Crippen molar-refractivity contribution in [1.82, 2.24) is 0 Å². The third kappa shape index (κ3) is 4.37. The SMILES string of the molecule is COc1cc(C=C2C(=O)N(c3c(Cl)cc(Cl)cc3Cl)N=C2c2ccccc2)cc(OC)c1O. The number of rotatable bonds is 5. The van der Waals surface area contributed by atoms with E-state index in [0.717, 1.165) is 10.6 Å². The Morgan fingerprint density at radius 1 is 0.939 bits per heavy atom. The maximum Gasteiger partial charge on any atom is 0.281 e. The molecule has 3 aromatic rings. The average Bonchev–Trinajstić information content (AvgIpc) is 3.10. The Morgan fingerprint density at radius 3 is 2.06 bits per heavy atom. The van der Waals surface area contributed by atoms with Crippen molar-refractivity contribution >= 4 is 58.2 Å². The van der Waals surface area contributed by atoms with Gasteiger partial charge in [-0.25, -0.2) is 0 Å². The first-order valence-corrected chi connectivity index (χ1v) is 10.8. The fraction of sp³-hybridized carbons (Fsp3) is 0.0833. The van der Waals surface area contributed by atoms with Gasteiger partial charge in [-0.15, -0.1) is 0 Å². The van der Waals surface area contributed by atoms with E-state index >= 15 is 0 Å². The van der Waals surface area contributed by atoms with Crippen LogP contribution in [-0.2, 0) is 4.79 Å². The van der Waals surface area contributed by atoms with Gasteiger partial charge in [0.25, 0.3) is 5.91 Å². The second-order valence-electron chi connectivity index (χ2n) is 6.98. The molecule has 3 aromatic carbocycles. The number of aromatic hydroxyl groups is 1. The van der Waals surface area contributed by atoms with Crippen LogP contribution in [0.4, 0.5) is 5.69 Å². The molecule has 1 aliphatic rings. The van der Waals surface area contributed by atoms with Crippen molar-refractivity contribution in [3.63, 3.8) is 0 Å². The van der Waals surface area contributed by atoms with E-state index in [9.17, 15) is 9.90 Å². The molecule has 0 saturated carbocycles. The van der Waals surface area contributed by atoms with Gasteiger partial charge in [0.15, 0.2) is 11.5 Å². The third-order valence-electron chi connectivity index (χ3n) is 4.93. The van der Waals surface area contributed by atoms with Crippen molar-refractivity contribution in [1.29, 1.82) is 0 Å². The van der Waals surface area contributed by atoms with Crippen molar-refractivity contribution in [3.8, 4) is 17.2 Å². The molecule has 9 heteroatoms. The minimum absolute atomic E-state index is 0.141. The number of phenolic OH excluding ortho intramolecular Hbond substituents is 1. The van der Waals surface area contributed by atoms with Crippen LogP contribution < -0.4 is 14.5 Å². The molecule has 0 unspecified atom stereocenters. The number of hydrogen-bond acceptors (Lipinski definition) is 5. The quantitative estimate of drug-likeness (QED) is 0.421. The summed E-state index contributed by atoms with van der Waals surface area (Å²) >= 11 is 18.8. The molecule has 0 spiro atoms. The maximum atomic E-state index is 13.5. The number of amides is 1. The Morgan fingerprint density at radius 2 is 1.52 bits per heavy atom.